The van der Waals surface area contributed by atoms with Crippen molar-refractivity contribution in [2.24, 2.45) is 5.41 Å². The Bertz CT molecular complexity index is 1140. The van der Waals surface area contributed by atoms with Gasteiger partial charge in [-0.3, -0.25) is 4.79 Å². The largest absolute Gasteiger partial charge is 0.496 e. The van der Waals surface area contributed by atoms with E-state index in [1.807, 2.05) is 55.5 Å². The van der Waals surface area contributed by atoms with Gasteiger partial charge in [-0.25, -0.2) is 0 Å². The summed E-state index contributed by atoms with van der Waals surface area (Å²) in [6, 6.07) is 22.1. The number of carbonyl (C=O) groups is 2. The van der Waals surface area contributed by atoms with Gasteiger partial charge in [0.25, 0.3) is 5.91 Å². The van der Waals surface area contributed by atoms with Crippen LogP contribution in [-0.4, -0.2) is 25.8 Å². The lowest BCUT2D eigenvalue weighted by Crippen LogP contribution is -2.38. The average Bonchev–Trinajstić information content (AvgIpc) is 2.83. The number of halogens is 1. The maximum absolute atomic E-state index is 12.6. The molecule has 0 saturated carbocycles. The zero-order valence-corrected chi connectivity index (χ0v) is 18.8. The normalized spacial score (nSPS) is 12.1. The number of rotatable bonds is 7. The van der Waals surface area contributed by atoms with Gasteiger partial charge in [-0.15, -0.1) is 0 Å². The summed E-state index contributed by atoms with van der Waals surface area (Å²) in [4.78, 5) is 24.4. The van der Waals surface area contributed by atoms with Gasteiger partial charge in [-0.2, -0.15) is 0 Å². The van der Waals surface area contributed by atoms with Gasteiger partial charge < -0.3 is 14.8 Å². The van der Waals surface area contributed by atoms with E-state index in [9.17, 15) is 9.59 Å². The molecule has 0 aliphatic rings. The third-order valence-electron chi connectivity index (χ3n) is 5.05. The predicted octanol–water partition coefficient (Wildman–Crippen LogP) is 4.93. The number of amides is 1. The second kappa shape index (κ2) is 10.7. The van der Waals surface area contributed by atoms with Gasteiger partial charge in [0.1, 0.15) is 12.0 Å². The molecule has 0 fully saturated rings. The third-order valence-corrected chi connectivity index (χ3v) is 5.30. The van der Waals surface area contributed by atoms with E-state index in [0.29, 0.717) is 22.8 Å². The lowest BCUT2D eigenvalue weighted by atomic mass is 9.84. The number of benzene rings is 3. The molecule has 0 bridgehead atoms. The summed E-state index contributed by atoms with van der Waals surface area (Å²) in [6.07, 6.45) is 1.39. The number of aldehydes is 1. The Kier molecular flexibility index (Phi) is 7.70. The van der Waals surface area contributed by atoms with Crippen LogP contribution in [0.3, 0.4) is 0 Å². The second-order valence-electron chi connectivity index (χ2n) is 7.79. The lowest BCUT2D eigenvalue weighted by Gasteiger charge is -2.24. The lowest BCUT2D eigenvalue weighted by molar-refractivity contribution is -0.115. The zero-order valence-electron chi connectivity index (χ0n) is 18.0. The maximum atomic E-state index is 12.6. The van der Waals surface area contributed by atoms with E-state index in [0.717, 1.165) is 23.0 Å². The van der Waals surface area contributed by atoms with Crippen LogP contribution in [0.5, 0.6) is 5.75 Å². The van der Waals surface area contributed by atoms with Gasteiger partial charge in [0.15, 0.2) is 0 Å². The van der Waals surface area contributed by atoms with Crippen molar-refractivity contribution < 1.29 is 14.3 Å². The Hall–Kier alpha value is -3.55. The second-order valence-corrected chi connectivity index (χ2v) is 8.22. The van der Waals surface area contributed by atoms with Gasteiger partial charge in [-0.05, 0) is 60.5 Å². The highest BCUT2D eigenvalue weighted by atomic mass is 35.5. The molecule has 1 amide bonds. The molecule has 5 heteroatoms. The first-order valence-corrected chi connectivity index (χ1v) is 10.5. The minimum absolute atomic E-state index is 0.214. The monoisotopic (exact) mass is 445 g/mol. The van der Waals surface area contributed by atoms with Crippen molar-refractivity contribution in [2.45, 2.75) is 13.3 Å². The van der Waals surface area contributed by atoms with Crippen LogP contribution in [0.2, 0.25) is 5.02 Å². The molecule has 0 spiro atoms. The van der Waals surface area contributed by atoms with Crippen molar-refractivity contribution in [3.8, 4) is 17.6 Å². The summed E-state index contributed by atoms with van der Waals surface area (Å²) in [7, 11) is 1.52. The number of hydrogen-bond acceptors (Lipinski definition) is 3. The molecule has 3 aromatic carbocycles. The first-order valence-electron chi connectivity index (χ1n) is 10.2. The van der Waals surface area contributed by atoms with E-state index >= 15 is 0 Å². The van der Waals surface area contributed by atoms with Gasteiger partial charge in [0.2, 0.25) is 0 Å². The van der Waals surface area contributed by atoms with Crippen LogP contribution in [0.15, 0.2) is 72.8 Å². The van der Waals surface area contributed by atoms with Crippen molar-refractivity contribution in [3.63, 3.8) is 0 Å². The number of methoxy groups -OCH3 is 1. The third kappa shape index (κ3) is 6.23. The Labute approximate surface area is 193 Å². The topological polar surface area (TPSA) is 55.4 Å². The van der Waals surface area contributed by atoms with E-state index < -0.39 is 5.41 Å². The molecule has 0 aromatic heterocycles. The Morgan fingerprint density at radius 2 is 1.59 bits per heavy atom. The molecule has 0 radical (unpaired) electrons. The smallest absolute Gasteiger partial charge is 0.255 e. The fourth-order valence-electron chi connectivity index (χ4n) is 3.21. The van der Waals surface area contributed by atoms with Crippen LogP contribution >= 0.6 is 11.6 Å². The number of hydrogen-bond donors (Lipinski definition) is 1. The van der Waals surface area contributed by atoms with Crippen molar-refractivity contribution in [2.75, 3.05) is 13.7 Å². The molecule has 0 aliphatic carbocycles. The fraction of sp³-hybridized carbons (Fsp3) is 0.185. The summed E-state index contributed by atoms with van der Waals surface area (Å²) in [5.74, 6) is 6.44. The summed E-state index contributed by atoms with van der Waals surface area (Å²) >= 11 is 5.89. The summed E-state index contributed by atoms with van der Waals surface area (Å²) in [5.41, 5.74) is 2.45. The zero-order chi connectivity index (χ0) is 23.0. The molecule has 32 heavy (non-hydrogen) atoms. The highest BCUT2D eigenvalue weighted by Crippen LogP contribution is 2.21. The number of carbonyl (C=O) groups excluding carboxylic acids is 2. The molecule has 162 valence electrons. The van der Waals surface area contributed by atoms with Crippen molar-refractivity contribution in [3.05, 3.63) is 100 Å². The van der Waals surface area contributed by atoms with Crippen molar-refractivity contribution >= 4 is 23.8 Å². The molecule has 0 saturated heterocycles. The molecule has 1 N–H and O–H groups in total. The van der Waals surface area contributed by atoms with Crippen LogP contribution in [0.25, 0.3) is 0 Å². The first-order chi connectivity index (χ1) is 15.4. The van der Waals surface area contributed by atoms with Gasteiger partial charge in [-0.1, -0.05) is 54.6 Å². The predicted molar refractivity (Wildman–Crippen MR) is 127 cm³/mol. The molecule has 0 heterocycles. The molecule has 4 nitrogen and oxygen atoms in total. The van der Waals surface area contributed by atoms with E-state index in [4.69, 9.17) is 16.3 Å². The molecular formula is C27H24ClNO3. The van der Waals surface area contributed by atoms with E-state index in [2.05, 4.69) is 17.2 Å². The molecule has 3 rings (SSSR count). The average molecular weight is 446 g/mol. The highest BCUT2D eigenvalue weighted by molar-refractivity contribution is 6.30. The minimum atomic E-state index is -0.742. The van der Waals surface area contributed by atoms with Crippen LogP contribution < -0.4 is 10.1 Å². The first kappa shape index (κ1) is 23.1. The van der Waals surface area contributed by atoms with Crippen LogP contribution in [0, 0.1) is 17.3 Å². The number of nitrogens with one attached hydrogen (secondary N) is 1. The Balaban J connectivity index is 1.63. The number of ether oxygens (including phenoxy) is 1. The minimum Gasteiger partial charge on any atom is -0.496 e. The van der Waals surface area contributed by atoms with Crippen molar-refractivity contribution in [1.82, 2.24) is 5.32 Å². The quantitative estimate of drug-likeness (QED) is 0.414. The SMILES string of the molecule is COc1ccccc1C(=O)NCC(C)(C=O)Cc1ccc(C#Cc2ccc(Cl)cc2)cc1. The van der Waals surface area contributed by atoms with E-state index in [1.165, 1.54) is 7.11 Å². The van der Waals surface area contributed by atoms with Gasteiger partial charge in [0.05, 0.1) is 12.7 Å². The summed E-state index contributed by atoms with van der Waals surface area (Å²) in [5, 5.41) is 3.54. The highest BCUT2D eigenvalue weighted by Gasteiger charge is 2.25. The number of para-hydroxylation sites is 1. The summed E-state index contributed by atoms with van der Waals surface area (Å²) < 4.78 is 5.24. The van der Waals surface area contributed by atoms with E-state index in [-0.39, 0.29) is 12.5 Å². The molecular weight excluding hydrogens is 422 g/mol. The van der Waals surface area contributed by atoms with Crippen LogP contribution in [0.4, 0.5) is 0 Å². The summed E-state index contributed by atoms with van der Waals surface area (Å²) in [6.45, 7) is 2.04. The van der Waals surface area contributed by atoms with Crippen LogP contribution in [-0.2, 0) is 11.2 Å². The Morgan fingerprint density at radius 3 is 2.19 bits per heavy atom. The molecule has 1 atom stereocenters. The van der Waals surface area contributed by atoms with Gasteiger partial charge in [0, 0.05) is 28.1 Å². The van der Waals surface area contributed by atoms with Crippen LogP contribution in [0.1, 0.15) is 34.0 Å². The fourth-order valence-corrected chi connectivity index (χ4v) is 3.33. The van der Waals surface area contributed by atoms with E-state index in [1.54, 1.807) is 24.3 Å². The maximum Gasteiger partial charge on any atom is 0.255 e. The Morgan fingerprint density at radius 1 is 1.00 bits per heavy atom. The molecule has 3 aromatic rings. The van der Waals surface area contributed by atoms with Crippen molar-refractivity contribution in [1.29, 1.82) is 0 Å². The molecule has 1 unspecified atom stereocenters. The standard InChI is InChI=1S/C27H24ClNO3/c1-27(19-30,18-29-26(31)24-5-3-4-6-25(24)32-2)17-22-11-9-20(10-12-22)7-8-21-13-15-23(28)16-14-21/h3-6,9-16,19H,17-18H2,1-2H3,(H,29,31). The molecule has 0 aliphatic heterocycles. The van der Waals surface area contributed by atoms with Gasteiger partial charge >= 0.3 is 0 Å².